The van der Waals surface area contributed by atoms with E-state index in [1.807, 2.05) is 54.6 Å². The molecule has 0 fully saturated rings. The van der Waals surface area contributed by atoms with Crippen LogP contribution in [0.2, 0.25) is 5.02 Å². The molecule has 1 aliphatic heterocycles. The van der Waals surface area contributed by atoms with E-state index in [1.54, 1.807) is 4.90 Å². The number of amides is 1. The van der Waals surface area contributed by atoms with Gasteiger partial charge < -0.3 is 0 Å². The maximum atomic E-state index is 13.2. The molecular formula is C23H22ClNO2. The number of carbonyl (C=O) groups is 2. The first-order chi connectivity index (χ1) is 12.9. The Balaban J connectivity index is 1.89. The van der Waals surface area contributed by atoms with Crippen molar-refractivity contribution in [2.45, 2.75) is 39.0 Å². The molecule has 2 aliphatic rings. The molecule has 3 nitrogen and oxygen atoms in total. The molecule has 27 heavy (non-hydrogen) atoms. The van der Waals surface area contributed by atoms with Crippen LogP contribution < -0.4 is 4.90 Å². The largest absolute Gasteiger partial charge is 0.294 e. The van der Waals surface area contributed by atoms with Crippen molar-refractivity contribution in [1.29, 1.82) is 0 Å². The smallest absolute Gasteiger partial charge is 0.232 e. The molecule has 0 unspecified atom stereocenters. The number of rotatable bonds is 2. The van der Waals surface area contributed by atoms with Crippen LogP contribution in [-0.2, 0) is 9.59 Å². The summed E-state index contributed by atoms with van der Waals surface area (Å²) < 4.78 is 0. The van der Waals surface area contributed by atoms with Crippen molar-refractivity contribution in [3.05, 3.63) is 76.5 Å². The molecule has 1 amide bonds. The second kappa shape index (κ2) is 6.65. The second-order valence-electron chi connectivity index (χ2n) is 8.17. The summed E-state index contributed by atoms with van der Waals surface area (Å²) in [6.07, 6.45) is 1.51. The lowest BCUT2D eigenvalue weighted by molar-refractivity contribution is -0.121. The zero-order valence-electron chi connectivity index (χ0n) is 15.5. The lowest BCUT2D eigenvalue weighted by atomic mass is 9.69. The molecule has 0 bridgehead atoms. The summed E-state index contributed by atoms with van der Waals surface area (Å²) in [6, 6.07) is 17.1. The van der Waals surface area contributed by atoms with Crippen molar-refractivity contribution in [3.8, 4) is 0 Å². The minimum Gasteiger partial charge on any atom is -0.294 e. The summed E-state index contributed by atoms with van der Waals surface area (Å²) in [4.78, 5) is 28.1. The van der Waals surface area contributed by atoms with Gasteiger partial charge in [0.1, 0.15) is 0 Å². The second-order valence-corrected chi connectivity index (χ2v) is 8.61. The van der Waals surface area contributed by atoms with Crippen LogP contribution in [0.1, 0.15) is 44.6 Å². The van der Waals surface area contributed by atoms with Gasteiger partial charge in [0, 0.05) is 40.7 Å². The molecule has 0 spiro atoms. The number of benzene rings is 2. The van der Waals surface area contributed by atoms with E-state index in [4.69, 9.17) is 11.6 Å². The van der Waals surface area contributed by atoms with Crippen LogP contribution >= 0.6 is 11.6 Å². The van der Waals surface area contributed by atoms with Crippen LogP contribution in [0.25, 0.3) is 0 Å². The van der Waals surface area contributed by atoms with Gasteiger partial charge in [-0.2, -0.15) is 0 Å². The SMILES string of the molecule is CC1(C)CC(=O)C2=C(C1)N(c1ccccc1)C(=O)C[C@@H]2c1ccc(Cl)cc1. The van der Waals surface area contributed by atoms with Gasteiger partial charge in [-0.3, -0.25) is 14.5 Å². The monoisotopic (exact) mass is 379 g/mol. The maximum Gasteiger partial charge on any atom is 0.232 e. The summed E-state index contributed by atoms with van der Waals surface area (Å²) in [5, 5.41) is 0.650. The zero-order valence-corrected chi connectivity index (χ0v) is 16.3. The highest BCUT2D eigenvalue weighted by molar-refractivity contribution is 6.30. The van der Waals surface area contributed by atoms with Gasteiger partial charge in [0.25, 0.3) is 0 Å². The van der Waals surface area contributed by atoms with Crippen molar-refractivity contribution in [2.75, 3.05) is 4.90 Å². The highest BCUT2D eigenvalue weighted by Crippen LogP contribution is 2.48. The number of halogens is 1. The van der Waals surface area contributed by atoms with Gasteiger partial charge in [-0.1, -0.05) is 55.8 Å². The first-order valence-electron chi connectivity index (χ1n) is 9.25. The molecule has 2 aromatic carbocycles. The van der Waals surface area contributed by atoms with Crippen molar-refractivity contribution in [3.63, 3.8) is 0 Å². The number of anilines is 1. The summed E-state index contributed by atoms with van der Waals surface area (Å²) in [5.41, 5.74) is 3.29. The molecule has 0 aromatic heterocycles. The van der Waals surface area contributed by atoms with E-state index < -0.39 is 0 Å². The Bertz CT molecular complexity index is 929. The van der Waals surface area contributed by atoms with Crippen LogP contribution in [-0.4, -0.2) is 11.7 Å². The Morgan fingerprint density at radius 3 is 2.30 bits per heavy atom. The van der Waals surface area contributed by atoms with Gasteiger partial charge in [0.05, 0.1) is 0 Å². The molecule has 1 aliphatic carbocycles. The summed E-state index contributed by atoms with van der Waals surface area (Å²) >= 11 is 6.03. The van der Waals surface area contributed by atoms with Crippen LogP contribution in [0.5, 0.6) is 0 Å². The fourth-order valence-electron chi connectivity index (χ4n) is 4.27. The normalized spacial score (nSPS) is 22.0. The molecule has 1 heterocycles. The number of hydrogen-bond acceptors (Lipinski definition) is 2. The number of nitrogens with zero attached hydrogens (tertiary/aromatic N) is 1. The van der Waals surface area contributed by atoms with E-state index in [0.717, 1.165) is 22.5 Å². The van der Waals surface area contributed by atoms with E-state index >= 15 is 0 Å². The van der Waals surface area contributed by atoms with Gasteiger partial charge in [0.15, 0.2) is 5.78 Å². The Morgan fingerprint density at radius 1 is 0.963 bits per heavy atom. The molecule has 2 aromatic rings. The molecule has 0 N–H and O–H groups in total. The van der Waals surface area contributed by atoms with Crippen LogP contribution in [0.3, 0.4) is 0 Å². The van der Waals surface area contributed by atoms with Crippen molar-refractivity contribution < 1.29 is 9.59 Å². The predicted molar refractivity (Wildman–Crippen MR) is 108 cm³/mol. The van der Waals surface area contributed by atoms with E-state index in [9.17, 15) is 9.59 Å². The number of allylic oxidation sites excluding steroid dienone is 2. The topological polar surface area (TPSA) is 37.4 Å². The Labute approximate surface area is 164 Å². The number of para-hydroxylation sites is 1. The number of hydrogen-bond donors (Lipinski definition) is 0. The van der Waals surface area contributed by atoms with Gasteiger partial charge in [0.2, 0.25) is 5.91 Å². The molecule has 4 rings (SSSR count). The van der Waals surface area contributed by atoms with Gasteiger partial charge >= 0.3 is 0 Å². The molecule has 0 saturated carbocycles. The molecule has 1 atom stereocenters. The average molecular weight is 380 g/mol. The van der Waals surface area contributed by atoms with E-state index in [0.29, 0.717) is 24.3 Å². The molecule has 138 valence electrons. The predicted octanol–water partition coefficient (Wildman–Crippen LogP) is 5.50. The van der Waals surface area contributed by atoms with Gasteiger partial charge in [-0.05, 0) is 41.7 Å². The summed E-state index contributed by atoms with van der Waals surface area (Å²) in [6.45, 7) is 4.18. The Hall–Kier alpha value is -2.39. The highest BCUT2D eigenvalue weighted by atomic mass is 35.5. The minimum atomic E-state index is -0.201. The highest BCUT2D eigenvalue weighted by Gasteiger charge is 2.44. The standard InChI is InChI=1S/C23H22ClNO2/c1-23(2)13-19-22(20(26)14-23)18(15-8-10-16(24)11-9-15)12-21(27)25(19)17-6-4-3-5-7-17/h3-11,18H,12-14H2,1-2H3/t18-/m1/s1. The van der Waals surface area contributed by atoms with Crippen molar-refractivity contribution >= 4 is 29.0 Å². The minimum absolute atomic E-state index is 0.0328. The molecular weight excluding hydrogens is 358 g/mol. The lowest BCUT2D eigenvalue weighted by Gasteiger charge is -2.43. The van der Waals surface area contributed by atoms with Crippen LogP contribution in [0, 0.1) is 5.41 Å². The Kier molecular flexibility index (Phi) is 4.43. The van der Waals surface area contributed by atoms with Crippen LogP contribution in [0.15, 0.2) is 65.9 Å². The summed E-state index contributed by atoms with van der Waals surface area (Å²) in [7, 11) is 0. The molecule has 4 heteroatoms. The lowest BCUT2D eigenvalue weighted by Crippen LogP contribution is -2.43. The fourth-order valence-corrected chi connectivity index (χ4v) is 4.40. The first kappa shape index (κ1) is 18.0. The fraction of sp³-hybridized carbons (Fsp3) is 0.304. The van der Waals surface area contributed by atoms with E-state index in [2.05, 4.69) is 13.8 Å². The third-order valence-electron chi connectivity index (χ3n) is 5.43. The third kappa shape index (κ3) is 3.32. The van der Waals surface area contributed by atoms with Gasteiger partial charge in [-0.25, -0.2) is 0 Å². The van der Waals surface area contributed by atoms with Gasteiger partial charge in [-0.15, -0.1) is 0 Å². The third-order valence-corrected chi connectivity index (χ3v) is 5.68. The van der Waals surface area contributed by atoms with E-state index in [1.165, 1.54) is 0 Å². The van der Waals surface area contributed by atoms with Crippen molar-refractivity contribution in [1.82, 2.24) is 0 Å². The number of carbonyl (C=O) groups excluding carboxylic acids is 2. The summed E-state index contributed by atoms with van der Waals surface area (Å²) in [5.74, 6) is -0.0200. The quantitative estimate of drug-likeness (QED) is 0.690. The number of ketones is 1. The van der Waals surface area contributed by atoms with E-state index in [-0.39, 0.29) is 23.0 Å². The Morgan fingerprint density at radius 2 is 1.63 bits per heavy atom. The molecule has 0 saturated heterocycles. The average Bonchev–Trinajstić information content (AvgIpc) is 2.61. The first-order valence-corrected chi connectivity index (χ1v) is 9.63. The van der Waals surface area contributed by atoms with Crippen molar-refractivity contribution in [2.24, 2.45) is 5.41 Å². The molecule has 0 radical (unpaired) electrons. The van der Waals surface area contributed by atoms with Crippen LogP contribution in [0.4, 0.5) is 5.69 Å². The maximum absolute atomic E-state index is 13.2. The number of Topliss-reactive ketones (excluding diaryl/α,β-unsaturated/α-hetero) is 1. The zero-order chi connectivity index (χ0) is 19.2.